The molecule has 0 aromatic heterocycles. The second-order valence-corrected chi connectivity index (χ2v) is 5.60. The topological polar surface area (TPSA) is 109 Å². The van der Waals surface area contributed by atoms with Gasteiger partial charge in [-0.25, -0.2) is 0 Å². The predicted molar refractivity (Wildman–Crippen MR) is 103 cm³/mol. The molecular weight excluding hydrogens is 344 g/mol. The van der Waals surface area contributed by atoms with Gasteiger partial charge in [0.05, 0.1) is 14.2 Å². The number of carbonyl (C=O) groups excluding carboxylic acids is 1. The number of ether oxygens (including phenoxy) is 2. The standard InChI is InChI=1S/C20H22N4O3/c1-26-18-7-6-17(9-19(18)27-2)24-20(25)16(11-22)13-23-12-15-5-3-4-14(8-15)10-21/h3-9,13,23H,10,12,21H2,1-2H3,(H,24,25)/b16-13-. The van der Waals surface area contributed by atoms with Gasteiger partial charge >= 0.3 is 0 Å². The minimum atomic E-state index is -0.520. The Labute approximate surface area is 158 Å². The zero-order chi connectivity index (χ0) is 19.6. The Hall–Kier alpha value is -3.50. The minimum absolute atomic E-state index is 0.0419. The number of carbonyl (C=O) groups is 1. The van der Waals surface area contributed by atoms with Crippen molar-refractivity contribution in [3.63, 3.8) is 0 Å². The zero-order valence-electron chi connectivity index (χ0n) is 15.3. The molecule has 7 heteroatoms. The molecule has 1 amide bonds. The third-order valence-corrected chi connectivity index (χ3v) is 3.79. The van der Waals surface area contributed by atoms with Gasteiger partial charge in [-0.3, -0.25) is 4.79 Å². The van der Waals surface area contributed by atoms with E-state index < -0.39 is 5.91 Å². The van der Waals surface area contributed by atoms with Gasteiger partial charge in [-0.15, -0.1) is 0 Å². The third kappa shape index (κ3) is 5.49. The molecule has 7 nitrogen and oxygen atoms in total. The maximum absolute atomic E-state index is 12.3. The monoisotopic (exact) mass is 366 g/mol. The number of nitrogens with one attached hydrogen (secondary N) is 2. The van der Waals surface area contributed by atoms with E-state index >= 15 is 0 Å². The van der Waals surface area contributed by atoms with Crippen LogP contribution in [0.15, 0.2) is 54.2 Å². The van der Waals surface area contributed by atoms with Crippen molar-refractivity contribution in [3.05, 3.63) is 65.4 Å². The lowest BCUT2D eigenvalue weighted by atomic mass is 10.1. The molecule has 0 aliphatic carbocycles. The van der Waals surface area contributed by atoms with E-state index in [0.717, 1.165) is 11.1 Å². The summed E-state index contributed by atoms with van der Waals surface area (Å²) < 4.78 is 10.4. The number of nitriles is 1. The van der Waals surface area contributed by atoms with E-state index in [1.165, 1.54) is 20.4 Å². The van der Waals surface area contributed by atoms with Crippen LogP contribution in [0.4, 0.5) is 5.69 Å². The molecule has 0 bridgehead atoms. The van der Waals surface area contributed by atoms with Crippen molar-refractivity contribution in [2.75, 3.05) is 19.5 Å². The fourth-order valence-corrected chi connectivity index (χ4v) is 2.40. The van der Waals surface area contributed by atoms with Crippen LogP contribution in [0, 0.1) is 11.3 Å². The van der Waals surface area contributed by atoms with Crippen LogP contribution >= 0.6 is 0 Å². The van der Waals surface area contributed by atoms with Gasteiger partial charge < -0.3 is 25.8 Å². The van der Waals surface area contributed by atoms with Crippen LogP contribution in [0.25, 0.3) is 0 Å². The van der Waals surface area contributed by atoms with Gasteiger partial charge in [0.15, 0.2) is 11.5 Å². The Bertz CT molecular complexity index is 872. The van der Waals surface area contributed by atoms with Crippen molar-refractivity contribution in [2.24, 2.45) is 5.73 Å². The lowest BCUT2D eigenvalue weighted by molar-refractivity contribution is -0.112. The van der Waals surface area contributed by atoms with Crippen LogP contribution in [0.3, 0.4) is 0 Å². The van der Waals surface area contributed by atoms with Crippen molar-refractivity contribution >= 4 is 11.6 Å². The Morgan fingerprint density at radius 1 is 1.15 bits per heavy atom. The van der Waals surface area contributed by atoms with Gasteiger partial charge in [0, 0.05) is 31.0 Å². The molecule has 4 N–H and O–H groups in total. The molecule has 27 heavy (non-hydrogen) atoms. The maximum Gasteiger partial charge on any atom is 0.267 e. The summed E-state index contributed by atoms with van der Waals surface area (Å²) >= 11 is 0. The van der Waals surface area contributed by atoms with Crippen LogP contribution in [0.1, 0.15) is 11.1 Å². The Morgan fingerprint density at radius 3 is 2.56 bits per heavy atom. The molecule has 140 valence electrons. The molecule has 2 aromatic carbocycles. The molecular formula is C20H22N4O3. The van der Waals surface area contributed by atoms with E-state index in [9.17, 15) is 10.1 Å². The van der Waals surface area contributed by atoms with E-state index in [-0.39, 0.29) is 5.57 Å². The molecule has 0 unspecified atom stereocenters. The number of hydrogen-bond acceptors (Lipinski definition) is 6. The van der Waals surface area contributed by atoms with Crippen LogP contribution in [-0.4, -0.2) is 20.1 Å². The second-order valence-electron chi connectivity index (χ2n) is 5.60. The van der Waals surface area contributed by atoms with Gasteiger partial charge in [0.25, 0.3) is 5.91 Å². The highest BCUT2D eigenvalue weighted by atomic mass is 16.5. The molecule has 0 spiro atoms. The smallest absolute Gasteiger partial charge is 0.267 e. The summed E-state index contributed by atoms with van der Waals surface area (Å²) in [4.78, 5) is 12.3. The first-order valence-electron chi connectivity index (χ1n) is 8.26. The quantitative estimate of drug-likeness (QED) is 0.488. The summed E-state index contributed by atoms with van der Waals surface area (Å²) in [5.74, 6) is 0.511. The van der Waals surface area contributed by atoms with E-state index in [1.807, 2.05) is 30.3 Å². The highest BCUT2D eigenvalue weighted by Crippen LogP contribution is 2.29. The number of nitrogens with two attached hydrogens (primary N) is 1. The van der Waals surface area contributed by atoms with E-state index in [0.29, 0.717) is 30.3 Å². The van der Waals surface area contributed by atoms with Gasteiger partial charge in [-0.1, -0.05) is 24.3 Å². The van der Waals surface area contributed by atoms with Crippen LogP contribution in [0.5, 0.6) is 11.5 Å². The largest absolute Gasteiger partial charge is 0.493 e. The van der Waals surface area contributed by atoms with Crippen LogP contribution < -0.4 is 25.8 Å². The summed E-state index contributed by atoms with van der Waals surface area (Å²) in [5.41, 5.74) is 8.10. The summed E-state index contributed by atoms with van der Waals surface area (Å²) in [6.45, 7) is 0.934. The average molecular weight is 366 g/mol. The van der Waals surface area contributed by atoms with Crippen molar-refractivity contribution in [2.45, 2.75) is 13.1 Å². The van der Waals surface area contributed by atoms with E-state index in [2.05, 4.69) is 10.6 Å². The summed E-state index contributed by atoms with van der Waals surface area (Å²) in [5, 5.41) is 14.9. The summed E-state index contributed by atoms with van der Waals surface area (Å²) in [6.07, 6.45) is 1.39. The van der Waals surface area contributed by atoms with E-state index in [1.54, 1.807) is 18.2 Å². The molecule has 0 aliphatic heterocycles. The molecule has 0 fully saturated rings. The number of nitrogens with zero attached hydrogens (tertiary/aromatic N) is 1. The summed E-state index contributed by atoms with van der Waals surface area (Å²) in [6, 6.07) is 14.6. The lowest BCUT2D eigenvalue weighted by Crippen LogP contribution is -2.16. The third-order valence-electron chi connectivity index (χ3n) is 3.79. The molecule has 2 aromatic rings. The molecule has 0 saturated heterocycles. The minimum Gasteiger partial charge on any atom is -0.493 e. The molecule has 0 atom stereocenters. The van der Waals surface area contributed by atoms with Crippen LogP contribution in [0.2, 0.25) is 0 Å². The van der Waals surface area contributed by atoms with Crippen molar-refractivity contribution < 1.29 is 14.3 Å². The zero-order valence-corrected chi connectivity index (χ0v) is 15.3. The number of amides is 1. The van der Waals surface area contributed by atoms with Crippen molar-refractivity contribution in [1.82, 2.24) is 5.32 Å². The normalized spacial score (nSPS) is 10.7. The van der Waals surface area contributed by atoms with Gasteiger partial charge in [-0.05, 0) is 23.3 Å². The Balaban J connectivity index is 2.02. The molecule has 0 saturated carbocycles. The molecule has 2 rings (SSSR count). The molecule has 0 heterocycles. The number of anilines is 1. The van der Waals surface area contributed by atoms with Gasteiger partial charge in [0.1, 0.15) is 11.6 Å². The molecule has 0 aliphatic rings. The predicted octanol–water partition coefficient (Wildman–Crippen LogP) is 2.30. The highest BCUT2D eigenvalue weighted by molar-refractivity contribution is 6.06. The number of methoxy groups -OCH3 is 2. The Kier molecular flexibility index (Phi) is 7.23. The first-order chi connectivity index (χ1) is 13.1. The fourth-order valence-electron chi connectivity index (χ4n) is 2.40. The SMILES string of the molecule is COc1ccc(NC(=O)/C(C#N)=C\NCc2cccc(CN)c2)cc1OC. The molecule has 0 radical (unpaired) electrons. The highest BCUT2D eigenvalue weighted by Gasteiger charge is 2.11. The number of benzene rings is 2. The first-order valence-corrected chi connectivity index (χ1v) is 8.26. The van der Waals surface area contributed by atoms with Gasteiger partial charge in [0.2, 0.25) is 0 Å². The number of rotatable bonds is 8. The van der Waals surface area contributed by atoms with E-state index in [4.69, 9.17) is 15.2 Å². The Morgan fingerprint density at radius 2 is 1.89 bits per heavy atom. The first kappa shape index (κ1) is 19.8. The average Bonchev–Trinajstić information content (AvgIpc) is 2.71. The lowest BCUT2D eigenvalue weighted by Gasteiger charge is -2.10. The van der Waals surface area contributed by atoms with Gasteiger partial charge in [-0.2, -0.15) is 5.26 Å². The van der Waals surface area contributed by atoms with Crippen molar-refractivity contribution in [3.8, 4) is 17.6 Å². The fraction of sp³-hybridized carbons (Fsp3) is 0.200. The summed E-state index contributed by atoms with van der Waals surface area (Å²) in [7, 11) is 3.04. The van der Waals surface area contributed by atoms with Crippen LogP contribution in [-0.2, 0) is 17.9 Å². The maximum atomic E-state index is 12.3. The number of hydrogen-bond donors (Lipinski definition) is 3. The second kappa shape index (κ2) is 9.85. The van der Waals surface area contributed by atoms with Crippen molar-refractivity contribution in [1.29, 1.82) is 5.26 Å².